The SMILES string of the molecule is NCC(NC1CC=CC1)c1ccccc1OC(F)(F)F. The zero-order chi connectivity index (χ0) is 14.6. The van der Waals surface area contributed by atoms with Gasteiger partial charge in [0.1, 0.15) is 5.75 Å². The molecule has 1 aliphatic carbocycles. The van der Waals surface area contributed by atoms with Crippen molar-refractivity contribution in [3.63, 3.8) is 0 Å². The first-order chi connectivity index (χ1) is 9.49. The van der Waals surface area contributed by atoms with E-state index in [0.29, 0.717) is 5.56 Å². The second-order valence-electron chi connectivity index (χ2n) is 4.68. The molecule has 0 amide bonds. The first-order valence-electron chi connectivity index (χ1n) is 6.45. The number of hydrogen-bond donors (Lipinski definition) is 2. The quantitative estimate of drug-likeness (QED) is 0.818. The van der Waals surface area contributed by atoms with Gasteiger partial charge < -0.3 is 15.8 Å². The molecule has 1 aromatic carbocycles. The Morgan fingerprint density at radius 1 is 1.25 bits per heavy atom. The van der Waals surface area contributed by atoms with E-state index in [4.69, 9.17) is 5.73 Å². The number of halogens is 3. The van der Waals surface area contributed by atoms with Crippen LogP contribution in [0.15, 0.2) is 36.4 Å². The van der Waals surface area contributed by atoms with Crippen LogP contribution < -0.4 is 15.8 Å². The summed E-state index contributed by atoms with van der Waals surface area (Å²) in [4.78, 5) is 0. The first-order valence-corrected chi connectivity index (χ1v) is 6.45. The van der Waals surface area contributed by atoms with Crippen molar-refractivity contribution in [3.05, 3.63) is 42.0 Å². The minimum absolute atomic E-state index is 0.200. The molecular weight excluding hydrogens is 269 g/mol. The molecule has 2 rings (SSSR count). The van der Waals surface area contributed by atoms with Crippen molar-refractivity contribution in [2.75, 3.05) is 6.54 Å². The fourth-order valence-corrected chi connectivity index (χ4v) is 2.31. The summed E-state index contributed by atoms with van der Waals surface area (Å²) >= 11 is 0. The fourth-order valence-electron chi connectivity index (χ4n) is 2.31. The van der Waals surface area contributed by atoms with Crippen molar-refractivity contribution >= 4 is 0 Å². The number of ether oxygens (including phenoxy) is 1. The van der Waals surface area contributed by atoms with Crippen molar-refractivity contribution in [3.8, 4) is 5.75 Å². The number of nitrogens with two attached hydrogens (primary N) is 1. The lowest BCUT2D eigenvalue weighted by molar-refractivity contribution is -0.275. The minimum Gasteiger partial charge on any atom is -0.405 e. The lowest BCUT2D eigenvalue weighted by Crippen LogP contribution is -2.35. The van der Waals surface area contributed by atoms with E-state index in [0.717, 1.165) is 12.8 Å². The third kappa shape index (κ3) is 3.98. The number of benzene rings is 1. The van der Waals surface area contributed by atoms with Gasteiger partial charge in [0, 0.05) is 24.2 Å². The molecular formula is C14H17F3N2O. The van der Waals surface area contributed by atoms with Crippen molar-refractivity contribution < 1.29 is 17.9 Å². The number of rotatable bonds is 5. The molecule has 0 aromatic heterocycles. The van der Waals surface area contributed by atoms with Gasteiger partial charge in [-0.3, -0.25) is 0 Å². The van der Waals surface area contributed by atoms with Crippen LogP contribution in [-0.2, 0) is 0 Å². The molecule has 0 radical (unpaired) electrons. The Labute approximate surface area is 115 Å². The topological polar surface area (TPSA) is 47.3 Å². The highest BCUT2D eigenvalue weighted by atomic mass is 19.4. The van der Waals surface area contributed by atoms with Crippen molar-refractivity contribution in [1.29, 1.82) is 0 Å². The third-order valence-corrected chi connectivity index (χ3v) is 3.20. The van der Waals surface area contributed by atoms with Crippen LogP contribution in [0.1, 0.15) is 24.4 Å². The molecule has 0 spiro atoms. The van der Waals surface area contributed by atoms with Crippen LogP contribution in [0.2, 0.25) is 0 Å². The predicted molar refractivity (Wildman–Crippen MR) is 70.2 cm³/mol. The maximum Gasteiger partial charge on any atom is 0.573 e. The second-order valence-corrected chi connectivity index (χ2v) is 4.68. The van der Waals surface area contributed by atoms with Gasteiger partial charge in [0.2, 0.25) is 0 Å². The molecule has 0 saturated heterocycles. The standard InChI is InChI=1S/C14H17F3N2O/c15-14(16,17)20-13-8-4-3-7-11(13)12(9-18)19-10-5-1-2-6-10/h1-4,7-8,10,12,19H,5-6,9,18H2. The van der Waals surface area contributed by atoms with Gasteiger partial charge in [-0.25, -0.2) is 0 Å². The van der Waals surface area contributed by atoms with Gasteiger partial charge >= 0.3 is 6.36 Å². The summed E-state index contributed by atoms with van der Waals surface area (Å²) in [5, 5.41) is 3.27. The molecule has 0 saturated carbocycles. The number of hydrogen-bond acceptors (Lipinski definition) is 3. The molecule has 110 valence electrons. The van der Waals surface area contributed by atoms with Crippen molar-refractivity contribution in [2.45, 2.75) is 31.3 Å². The van der Waals surface area contributed by atoms with E-state index in [9.17, 15) is 13.2 Å². The van der Waals surface area contributed by atoms with Gasteiger partial charge in [0.05, 0.1) is 0 Å². The van der Waals surface area contributed by atoms with Gasteiger partial charge in [-0.1, -0.05) is 30.4 Å². The van der Waals surface area contributed by atoms with Gasteiger partial charge in [0.25, 0.3) is 0 Å². The molecule has 1 aromatic rings. The summed E-state index contributed by atoms with van der Waals surface area (Å²) in [5.74, 6) is -0.200. The van der Waals surface area contributed by atoms with Crippen LogP contribution >= 0.6 is 0 Å². The lowest BCUT2D eigenvalue weighted by atomic mass is 10.0. The molecule has 1 aliphatic rings. The molecule has 0 fully saturated rings. The van der Waals surface area contributed by atoms with E-state index in [1.807, 2.05) is 12.2 Å². The minimum atomic E-state index is -4.70. The summed E-state index contributed by atoms with van der Waals surface area (Å²) in [5.41, 5.74) is 6.13. The first kappa shape index (κ1) is 14.9. The number of alkyl halides is 3. The average molecular weight is 286 g/mol. The van der Waals surface area contributed by atoms with Gasteiger partial charge in [-0.05, 0) is 18.9 Å². The van der Waals surface area contributed by atoms with Crippen molar-refractivity contribution in [2.24, 2.45) is 5.73 Å². The lowest BCUT2D eigenvalue weighted by Gasteiger charge is -2.24. The molecule has 0 aliphatic heterocycles. The normalized spacial score (nSPS) is 17.4. The molecule has 1 unspecified atom stereocenters. The zero-order valence-corrected chi connectivity index (χ0v) is 10.9. The number of para-hydroxylation sites is 1. The van der Waals surface area contributed by atoms with Crippen LogP contribution in [-0.4, -0.2) is 18.9 Å². The second kappa shape index (κ2) is 6.28. The summed E-state index contributed by atoms with van der Waals surface area (Å²) in [7, 11) is 0. The summed E-state index contributed by atoms with van der Waals surface area (Å²) < 4.78 is 41.3. The van der Waals surface area contributed by atoms with Crippen molar-refractivity contribution in [1.82, 2.24) is 5.32 Å². The Morgan fingerprint density at radius 2 is 1.90 bits per heavy atom. The molecule has 0 bridgehead atoms. The van der Waals surface area contributed by atoms with Gasteiger partial charge in [-0.15, -0.1) is 13.2 Å². The van der Waals surface area contributed by atoms with Crippen LogP contribution in [0.5, 0.6) is 5.75 Å². The summed E-state index contributed by atoms with van der Waals surface area (Å²) in [6, 6.07) is 5.94. The largest absolute Gasteiger partial charge is 0.573 e. The zero-order valence-electron chi connectivity index (χ0n) is 10.9. The van der Waals surface area contributed by atoms with E-state index in [1.165, 1.54) is 12.1 Å². The number of nitrogens with one attached hydrogen (secondary N) is 1. The molecule has 6 heteroatoms. The Hall–Kier alpha value is -1.53. The van der Waals surface area contributed by atoms with Crippen LogP contribution in [0.3, 0.4) is 0 Å². The highest BCUT2D eigenvalue weighted by Crippen LogP contribution is 2.30. The summed E-state index contributed by atoms with van der Waals surface area (Å²) in [6.45, 7) is 0.203. The van der Waals surface area contributed by atoms with Crippen LogP contribution in [0.25, 0.3) is 0 Å². The van der Waals surface area contributed by atoms with E-state index in [1.54, 1.807) is 12.1 Å². The Morgan fingerprint density at radius 3 is 2.50 bits per heavy atom. The van der Waals surface area contributed by atoms with E-state index in [-0.39, 0.29) is 24.4 Å². The third-order valence-electron chi connectivity index (χ3n) is 3.20. The van der Waals surface area contributed by atoms with E-state index in [2.05, 4.69) is 10.1 Å². The Balaban J connectivity index is 2.15. The molecule has 3 N–H and O–H groups in total. The van der Waals surface area contributed by atoms with Gasteiger partial charge in [-0.2, -0.15) is 0 Å². The molecule has 20 heavy (non-hydrogen) atoms. The van der Waals surface area contributed by atoms with Crippen LogP contribution in [0, 0.1) is 0 Å². The maximum absolute atomic E-state index is 12.4. The summed E-state index contributed by atoms with van der Waals surface area (Å²) in [6.07, 6.45) is 1.11. The van der Waals surface area contributed by atoms with E-state index >= 15 is 0 Å². The molecule has 1 atom stereocenters. The average Bonchev–Trinajstić information content (AvgIpc) is 2.88. The molecule has 3 nitrogen and oxygen atoms in total. The van der Waals surface area contributed by atoms with Gasteiger partial charge in [0.15, 0.2) is 0 Å². The Bertz CT molecular complexity index is 466. The highest BCUT2D eigenvalue weighted by molar-refractivity contribution is 5.36. The highest BCUT2D eigenvalue weighted by Gasteiger charge is 2.33. The molecule has 0 heterocycles. The monoisotopic (exact) mass is 286 g/mol. The smallest absolute Gasteiger partial charge is 0.405 e. The maximum atomic E-state index is 12.4. The fraction of sp³-hybridized carbons (Fsp3) is 0.429. The Kier molecular flexibility index (Phi) is 4.67. The van der Waals surface area contributed by atoms with E-state index < -0.39 is 6.36 Å². The van der Waals surface area contributed by atoms with Crippen LogP contribution in [0.4, 0.5) is 13.2 Å². The predicted octanol–water partition coefficient (Wildman–Crippen LogP) is 2.89.